The molecule has 3 N–H and O–H groups in total. The summed E-state index contributed by atoms with van der Waals surface area (Å²) in [6.07, 6.45) is 3.39. The zero-order valence-electron chi connectivity index (χ0n) is 9.65. The number of carboxylic acids is 1. The molecule has 0 bridgehead atoms. The number of nitrogens with two attached hydrogens (primary N) is 1. The summed E-state index contributed by atoms with van der Waals surface area (Å²) >= 11 is 1.34. The average Bonchev–Trinajstić information content (AvgIpc) is 2.87. The normalized spacial score (nSPS) is 12.1. The topological polar surface area (TPSA) is 92.3 Å². The van der Waals surface area contributed by atoms with Crippen LogP contribution in [0.1, 0.15) is 11.7 Å². The molecule has 2 aromatic heterocycles. The van der Waals surface area contributed by atoms with E-state index in [9.17, 15) is 4.79 Å². The average molecular weight is 264 g/mol. The highest BCUT2D eigenvalue weighted by Gasteiger charge is 2.19. The van der Waals surface area contributed by atoms with E-state index in [1.165, 1.54) is 11.3 Å². The van der Waals surface area contributed by atoms with E-state index in [4.69, 9.17) is 10.8 Å². The summed E-state index contributed by atoms with van der Waals surface area (Å²) in [6.45, 7) is 0. The Balaban J connectivity index is 2.23. The molecule has 7 heteroatoms. The lowest BCUT2D eigenvalue weighted by molar-refractivity contribution is -0.138. The van der Waals surface area contributed by atoms with Crippen molar-refractivity contribution in [1.29, 1.82) is 0 Å². The number of anilines is 2. The Labute approximate surface area is 108 Å². The molecule has 6 nitrogen and oxygen atoms in total. The SMILES string of the molecule is CN(c1cccnc1)c1nc(C(N)C(=O)O)cs1. The first-order valence-electron chi connectivity index (χ1n) is 5.17. The fourth-order valence-electron chi connectivity index (χ4n) is 1.36. The third kappa shape index (κ3) is 2.47. The van der Waals surface area contributed by atoms with Crippen LogP contribution in [0.5, 0.6) is 0 Å². The summed E-state index contributed by atoms with van der Waals surface area (Å²) in [6, 6.07) is 2.63. The first-order valence-corrected chi connectivity index (χ1v) is 6.05. The van der Waals surface area contributed by atoms with Crippen LogP contribution in [-0.4, -0.2) is 28.1 Å². The van der Waals surface area contributed by atoms with Gasteiger partial charge in [0.25, 0.3) is 0 Å². The second kappa shape index (κ2) is 5.11. The summed E-state index contributed by atoms with van der Waals surface area (Å²) in [4.78, 5) is 20.8. The van der Waals surface area contributed by atoms with Crippen molar-refractivity contribution in [3.05, 3.63) is 35.6 Å². The summed E-state index contributed by atoms with van der Waals surface area (Å²) in [7, 11) is 1.84. The number of hydrogen-bond donors (Lipinski definition) is 2. The Morgan fingerprint density at radius 1 is 1.61 bits per heavy atom. The first-order chi connectivity index (χ1) is 8.59. The van der Waals surface area contributed by atoms with Gasteiger partial charge in [-0.05, 0) is 12.1 Å². The van der Waals surface area contributed by atoms with E-state index in [0.29, 0.717) is 10.8 Å². The van der Waals surface area contributed by atoms with Crippen LogP contribution in [0.4, 0.5) is 10.8 Å². The van der Waals surface area contributed by atoms with Gasteiger partial charge < -0.3 is 15.7 Å². The van der Waals surface area contributed by atoms with E-state index in [0.717, 1.165) is 5.69 Å². The van der Waals surface area contributed by atoms with Crippen molar-refractivity contribution in [2.24, 2.45) is 5.73 Å². The second-order valence-corrected chi connectivity index (χ2v) is 4.48. The maximum atomic E-state index is 10.8. The molecule has 0 amide bonds. The maximum Gasteiger partial charge on any atom is 0.326 e. The van der Waals surface area contributed by atoms with Gasteiger partial charge in [-0.2, -0.15) is 0 Å². The molecule has 2 aromatic rings. The van der Waals surface area contributed by atoms with Crippen molar-refractivity contribution in [2.75, 3.05) is 11.9 Å². The van der Waals surface area contributed by atoms with Gasteiger partial charge in [0.1, 0.15) is 6.04 Å². The number of thiazole rings is 1. The van der Waals surface area contributed by atoms with Gasteiger partial charge >= 0.3 is 5.97 Å². The molecule has 0 fully saturated rings. The number of aliphatic carboxylic acids is 1. The number of rotatable bonds is 4. The van der Waals surface area contributed by atoms with Gasteiger partial charge in [0.15, 0.2) is 5.13 Å². The largest absolute Gasteiger partial charge is 0.480 e. The quantitative estimate of drug-likeness (QED) is 0.867. The standard InChI is InChI=1S/C11H12N4O2S/c1-15(7-3-2-4-13-5-7)11-14-8(6-18-11)9(12)10(16)17/h2-6,9H,12H2,1H3,(H,16,17). The first kappa shape index (κ1) is 12.5. The predicted molar refractivity (Wildman–Crippen MR) is 69.0 cm³/mol. The highest BCUT2D eigenvalue weighted by molar-refractivity contribution is 7.13. The Hall–Kier alpha value is -1.99. The third-order valence-electron chi connectivity index (χ3n) is 2.41. The Kier molecular flexibility index (Phi) is 3.54. The molecule has 0 aliphatic rings. The van der Waals surface area contributed by atoms with Gasteiger partial charge in [0.05, 0.1) is 17.6 Å². The monoisotopic (exact) mass is 264 g/mol. The van der Waals surface area contributed by atoms with Crippen molar-refractivity contribution >= 4 is 28.1 Å². The summed E-state index contributed by atoms with van der Waals surface area (Å²) < 4.78 is 0. The number of pyridine rings is 1. The molecule has 1 atom stereocenters. The molecule has 2 heterocycles. The van der Waals surface area contributed by atoms with Gasteiger partial charge in [0.2, 0.25) is 0 Å². The third-order valence-corrected chi connectivity index (χ3v) is 3.35. The van der Waals surface area contributed by atoms with E-state index in [1.54, 1.807) is 17.8 Å². The van der Waals surface area contributed by atoms with E-state index in [1.807, 2.05) is 24.1 Å². The lowest BCUT2D eigenvalue weighted by atomic mass is 10.2. The highest BCUT2D eigenvalue weighted by atomic mass is 32.1. The van der Waals surface area contributed by atoms with Gasteiger partial charge in [-0.15, -0.1) is 11.3 Å². The van der Waals surface area contributed by atoms with Gasteiger partial charge in [-0.1, -0.05) is 0 Å². The second-order valence-electron chi connectivity index (χ2n) is 3.64. The van der Waals surface area contributed by atoms with Crippen LogP contribution in [-0.2, 0) is 4.79 Å². The fourth-order valence-corrected chi connectivity index (χ4v) is 2.21. The summed E-state index contributed by atoms with van der Waals surface area (Å²) in [5.41, 5.74) is 6.74. The van der Waals surface area contributed by atoms with Crippen LogP contribution in [0.15, 0.2) is 29.9 Å². The zero-order valence-corrected chi connectivity index (χ0v) is 10.5. The molecule has 0 spiro atoms. The molecule has 0 saturated heterocycles. The van der Waals surface area contributed by atoms with E-state index in [-0.39, 0.29) is 0 Å². The molecular formula is C11H12N4O2S. The Morgan fingerprint density at radius 2 is 2.39 bits per heavy atom. The molecule has 0 aliphatic heterocycles. The van der Waals surface area contributed by atoms with Crippen molar-refractivity contribution < 1.29 is 9.90 Å². The minimum absolute atomic E-state index is 0.359. The van der Waals surface area contributed by atoms with Crippen LogP contribution in [0, 0.1) is 0 Å². The Morgan fingerprint density at radius 3 is 3.00 bits per heavy atom. The molecular weight excluding hydrogens is 252 g/mol. The molecule has 0 aliphatic carbocycles. The van der Waals surface area contributed by atoms with Crippen LogP contribution in [0.2, 0.25) is 0 Å². The molecule has 1 unspecified atom stereocenters. The van der Waals surface area contributed by atoms with Crippen LogP contribution in [0.3, 0.4) is 0 Å². The Bertz CT molecular complexity index is 543. The van der Waals surface area contributed by atoms with Crippen LogP contribution >= 0.6 is 11.3 Å². The van der Waals surface area contributed by atoms with Crippen molar-refractivity contribution in [3.8, 4) is 0 Å². The van der Waals surface area contributed by atoms with Gasteiger partial charge in [-0.25, -0.2) is 4.98 Å². The molecule has 0 radical (unpaired) electrons. The molecule has 0 aromatic carbocycles. The van der Waals surface area contributed by atoms with E-state index < -0.39 is 12.0 Å². The lowest BCUT2D eigenvalue weighted by Crippen LogP contribution is -2.21. The molecule has 94 valence electrons. The molecule has 18 heavy (non-hydrogen) atoms. The number of hydrogen-bond acceptors (Lipinski definition) is 6. The number of carbonyl (C=O) groups is 1. The van der Waals surface area contributed by atoms with E-state index >= 15 is 0 Å². The predicted octanol–water partition coefficient (Wildman–Crippen LogP) is 1.39. The molecule has 0 saturated carbocycles. The molecule has 2 rings (SSSR count). The number of aromatic nitrogens is 2. The van der Waals surface area contributed by atoms with Crippen molar-refractivity contribution in [3.63, 3.8) is 0 Å². The van der Waals surface area contributed by atoms with Crippen LogP contribution < -0.4 is 10.6 Å². The summed E-state index contributed by atoms with van der Waals surface area (Å²) in [5.74, 6) is -1.09. The minimum atomic E-state index is -1.09. The van der Waals surface area contributed by atoms with Gasteiger partial charge in [0, 0.05) is 18.6 Å². The van der Waals surface area contributed by atoms with Crippen LogP contribution in [0.25, 0.3) is 0 Å². The maximum absolute atomic E-state index is 10.8. The zero-order chi connectivity index (χ0) is 13.1. The smallest absolute Gasteiger partial charge is 0.326 e. The van der Waals surface area contributed by atoms with E-state index in [2.05, 4.69) is 9.97 Å². The fraction of sp³-hybridized carbons (Fsp3) is 0.182. The summed E-state index contributed by atoms with van der Waals surface area (Å²) in [5, 5.41) is 11.1. The number of carboxylic acid groups (broad SMARTS) is 1. The van der Waals surface area contributed by atoms with Crippen molar-refractivity contribution in [1.82, 2.24) is 9.97 Å². The highest BCUT2D eigenvalue weighted by Crippen LogP contribution is 2.27. The van der Waals surface area contributed by atoms with Crippen molar-refractivity contribution in [2.45, 2.75) is 6.04 Å². The minimum Gasteiger partial charge on any atom is -0.480 e. The van der Waals surface area contributed by atoms with Gasteiger partial charge in [-0.3, -0.25) is 9.78 Å². The number of nitrogens with zero attached hydrogens (tertiary/aromatic N) is 3. The lowest BCUT2D eigenvalue weighted by Gasteiger charge is -2.14.